The third-order valence-corrected chi connectivity index (χ3v) is 5.81. The first-order valence-corrected chi connectivity index (χ1v) is 9.07. The number of benzene rings is 3. The molecule has 6 aromatic rings. The van der Waals surface area contributed by atoms with Gasteiger partial charge in [0.2, 0.25) is 0 Å². The molecule has 0 aliphatic heterocycles. The molecule has 0 saturated heterocycles. The lowest BCUT2D eigenvalue weighted by molar-refractivity contribution is 1.29. The van der Waals surface area contributed by atoms with Crippen molar-refractivity contribution in [1.29, 1.82) is 0 Å². The molecule has 1 N–H and O–H groups in total. The Labute approximate surface area is 147 Å². The van der Waals surface area contributed by atoms with Gasteiger partial charge in [0, 0.05) is 10.9 Å². The molecule has 118 valence electrons. The van der Waals surface area contributed by atoms with Crippen LogP contribution in [0.3, 0.4) is 0 Å². The number of nitrogens with zero attached hydrogens (tertiary/aromatic N) is 2. The van der Waals surface area contributed by atoms with E-state index in [4.69, 9.17) is 4.98 Å². The molecule has 3 aromatic heterocycles. The van der Waals surface area contributed by atoms with Crippen molar-refractivity contribution < 1.29 is 0 Å². The van der Waals surface area contributed by atoms with E-state index >= 15 is 0 Å². The van der Waals surface area contributed by atoms with Gasteiger partial charge in [0.05, 0.1) is 10.2 Å². The second kappa shape index (κ2) is 4.71. The highest BCUT2D eigenvalue weighted by molar-refractivity contribution is 7.23. The molecular formula is C21H13N3S. The minimum Gasteiger partial charge on any atom is -0.339 e. The largest absolute Gasteiger partial charge is 0.339 e. The van der Waals surface area contributed by atoms with Gasteiger partial charge in [0.1, 0.15) is 11.2 Å². The van der Waals surface area contributed by atoms with Crippen LogP contribution in [0.25, 0.3) is 48.4 Å². The summed E-state index contributed by atoms with van der Waals surface area (Å²) in [6.45, 7) is 0. The van der Waals surface area contributed by atoms with Gasteiger partial charge >= 0.3 is 0 Å². The SMILES string of the molecule is c1ccc(-c2ccc3sc4nc5c6ccccc6[nH]c5n4c3c2)cc1. The summed E-state index contributed by atoms with van der Waals surface area (Å²) < 4.78 is 3.50. The van der Waals surface area contributed by atoms with Gasteiger partial charge < -0.3 is 4.98 Å². The van der Waals surface area contributed by atoms with Crippen molar-refractivity contribution in [1.82, 2.24) is 14.4 Å². The van der Waals surface area contributed by atoms with Gasteiger partial charge in [0.25, 0.3) is 0 Å². The molecule has 0 aliphatic carbocycles. The van der Waals surface area contributed by atoms with Crippen LogP contribution in [0, 0.1) is 0 Å². The molecule has 25 heavy (non-hydrogen) atoms. The van der Waals surface area contributed by atoms with E-state index in [0.29, 0.717) is 0 Å². The molecule has 0 spiro atoms. The summed E-state index contributed by atoms with van der Waals surface area (Å²) in [5.74, 6) is 0. The van der Waals surface area contributed by atoms with E-state index in [0.717, 1.165) is 21.6 Å². The fourth-order valence-corrected chi connectivity index (χ4v) is 4.61. The first-order valence-electron chi connectivity index (χ1n) is 8.25. The van der Waals surface area contributed by atoms with Crippen molar-refractivity contribution in [3.05, 3.63) is 72.8 Å². The van der Waals surface area contributed by atoms with Gasteiger partial charge in [-0.05, 0) is 29.3 Å². The molecule has 0 atom stereocenters. The number of fused-ring (bicyclic) bond motifs is 7. The molecule has 4 heteroatoms. The van der Waals surface area contributed by atoms with Crippen LogP contribution in [-0.4, -0.2) is 14.4 Å². The molecule has 0 bridgehead atoms. The van der Waals surface area contributed by atoms with E-state index in [9.17, 15) is 0 Å². The number of imidazole rings is 1. The topological polar surface area (TPSA) is 33.1 Å². The zero-order valence-electron chi connectivity index (χ0n) is 13.2. The lowest BCUT2D eigenvalue weighted by Crippen LogP contribution is -1.83. The van der Waals surface area contributed by atoms with E-state index in [-0.39, 0.29) is 0 Å². The lowest BCUT2D eigenvalue weighted by Gasteiger charge is -2.01. The van der Waals surface area contributed by atoms with Gasteiger partial charge in [0.15, 0.2) is 4.96 Å². The highest BCUT2D eigenvalue weighted by atomic mass is 32.1. The molecule has 0 fully saturated rings. The second-order valence-electron chi connectivity index (χ2n) is 6.25. The fraction of sp³-hybridized carbons (Fsp3) is 0. The number of aromatic amines is 1. The molecule has 3 heterocycles. The average molecular weight is 339 g/mol. The van der Waals surface area contributed by atoms with Gasteiger partial charge in [-0.1, -0.05) is 65.9 Å². The first-order chi connectivity index (χ1) is 12.4. The standard InChI is InChI=1S/C21H13N3S/c1-2-6-13(7-3-1)14-10-11-18-17(12-14)24-20-19(23-21(24)25-18)15-8-4-5-9-16(15)22-20/h1-12,22H. The van der Waals surface area contributed by atoms with Gasteiger partial charge in [-0.25, -0.2) is 4.98 Å². The van der Waals surface area contributed by atoms with E-state index < -0.39 is 0 Å². The molecule has 6 rings (SSSR count). The Morgan fingerprint density at radius 2 is 1.68 bits per heavy atom. The maximum absolute atomic E-state index is 4.89. The predicted molar refractivity (Wildman–Crippen MR) is 105 cm³/mol. The molecule has 3 aromatic carbocycles. The number of H-pyrrole nitrogens is 1. The van der Waals surface area contributed by atoms with Crippen LogP contribution in [0.5, 0.6) is 0 Å². The van der Waals surface area contributed by atoms with Gasteiger partial charge in [-0.2, -0.15) is 0 Å². The van der Waals surface area contributed by atoms with Crippen LogP contribution >= 0.6 is 11.3 Å². The summed E-state index contributed by atoms with van der Waals surface area (Å²) in [7, 11) is 0. The van der Waals surface area contributed by atoms with Crippen molar-refractivity contribution >= 4 is 48.6 Å². The number of hydrogen-bond donors (Lipinski definition) is 1. The molecule has 0 amide bonds. The van der Waals surface area contributed by atoms with Gasteiger partial charge in [-0.15, -0.1) is 0 Å². The molecular weight excluding hydrogens is 326 g/mol. The monoisotopic (exact) mass is 339 g/mol. The van der Waals surface area contributed by atoms with Crippen LogP contribution in [0.2, 0.25) is 0 Å². The summed E-state index contributed by atoms with van der Waals surface area (Å²) >= 11 is 1.74. The van der Waals surface area contributed by atoms with Crippen molar-refractivity contribution in [2.24, 2.45) is 0 Å². The van der Waals surface area contributed by atoms with E-state index in [1.54, 1.807) is 11.3 Å². The minimum absolute atomic E-state index is 1.03. The Morgan fingerprint density at radius 1 is 0.840 bits per heavy atom. The number of thiazole rings is 1. The Morgan fingerprint density at radius 3 is 2.60 bits per heavy atom. The number of aromatic nitrogens is 3. The summed E-state index contributed by atoms with van der Waals surface area (Å²) in [6.07, 6.45) is 0. The quantitative estimate of drug-likeness (QED) is 0.400. The van der Waals surface area contributed by atoms with Crippen molar-refractivity contribution in [3.8, 4) is 11.1 Å². The van der Waals surface area contributed by atoms with E-state index in [2.05, 4.69) is 82.2 Å². The fourth-order valence-electron chi connectivity index (χ4n) is 3.61. The normalized spacial score (nSPS) is 12.0. The highest BCUT2D eigenvalue weighted by Gasteiger charge is 2.15. The predicted octanol–water partition coefficient (Wildman–Crippen LogP) is 5.85. The molecule has 0 unspecified atom stereocenters. The minimum atomic E-state index is 1.03. The maximum Gasteiger partial charge on any atom is 0.197 e. The summed E-state index contributed by atoms with van der Waals surface area (Å²) in [5, 5.41) is 1.18. The average Bonchev–Trinajstić information content (AvgIpc) is 3.29. The van der Waals surface area contributed by atoms with Crippen LogP contribution in [0.15, 0.2) is 72.8 Å². The van der Waals surface area contributed by atoms with Crippen LogP contribution in [-0.2, 0) is 0 Å². The Hall–Kier alpha value is -3.11. The molecule has 3 nitrogen and oxygen atoms in total. The lowest BCUT2D eigenvalue weighted by atomic mass is 10.1. The Bertz CT molecular complexity index is 1390. The van der Waals surface area contributed by atoms with E-state index in [1.165, 1.54) is 26.7 Å². The first kappa shape index (κ1) is 13.2. The summed E-state index contributed by atoms with van der Waals surface area (Å²) in [4.78, 5) is 9.47. The van der Waals surface area contributed by atoms with Crippen LogP contribution in [0.4, 0.5) is 0 Å². The van der Waals surface area contributed by atoms with Crippen molar-refractivity contribution in [2.75, 3.05) is 0 Å². The summed E-state index contributed by atoms with van der Waals surface area (Å²) in [5.41, 5.74) is 6.92. The summed E-state index contributed by atoms with van der Waals surface area (Å²) in [6, 6.07) is 25.5. The zero-order chi connectivity index (χ0) is 16.4. The third kappa shape index (κ3) is 1.77. The van der Waals surface area contributed by atoms with Crippen LogP contribution in [0.1, 0.15) is 0 Å². The molecule has 0 saturated carbocycles. The van der Waals surface area contributed by atoms with E-state index in [1.807, 2.05) is 0 Å². The Kier molecular flexibility index (Phi) is 2.49. The highest BCUT2D eigenvalue weighted by Crippen LogP contribution is 2.35. The smallest absolute Gasteiger partial charge is 0.197 e. The third-order valence-electron chi connectivity index (χ3n) is 4.79. The second-order valence-corrected chi connectivity index (χ2v) is 7.26. The number of nitrogens with one attached hydrogen (secondary N) is 1. The van der Waals surface area contributed by atoms with Crippen molar-refractivity contribution in [2.45, 2.75) is 0 Å². The van der Waals surface area contributed by atoms with Crippen molar-refractivity contribution in [3.63, 3.8) is 0 Å². The Balaban J connectivity index is 1.73. The number of hydrogen-bond acceptors (Lipinski definition) is 2. The maximum atomic E-state index is 4.89. The molecule has 0 aliphatic rings. The molecule has 0 radical (unpaired) electrons. The zero-order valence-corrected chi connectivity index (χ0v) is 14.0. The van der Waals surface area contributed by atoms with Gasteiger partial charge in [-0.3, -0.25) is 4.40 Å². The number of rotatable bonds is 1. The van der Waals surface area contributed by atoms with Crippen LogP contribution < -0.4 is 0 Å². The number of para-hydroxylation sites is 1.